The van der Waals surface area contributed by atoms with E-state index in [9.17, 15) is 18.0 Å². The molecule has 0 radical (unpaired) electrons. The van der Waals surface area contributed by atoms with Crippen LogP contribution in [0.5, 0.6) is 0 Å². The molecule has 218 valence electrons. The van der Waals surface area contributed by atoms with Gasteiger partial charge in [-0.2, -0.15) is 0 Å². The summed E-state index contributed by atoms with van der Waals surface area (Å²) in [6.45, 7) is 2.98. The van der Waals surface area contributed by atoms with Gasteiger partial charge in [0.2, 0.25) is 11.8 Å². The van der Waals surface area contributed by atoms with Crippen molar-refractivity contribution in [1.29, 1.82) is 0 Å². The molecule has 0 heterocycles. The maximum absolute atomic E-state index is 14.1. The van der Waals surface area contributed by atoms with Crippen molar-refractivity contribution in [1.82, 2.24) is 10.2 Å². The molecule has 10 heteroatoms. The first-order valence-corrected chi connectivity index (χ1v) is 15.9. The first kappa shape index (κ1) is 30.9. The van der Waals surface area contributed by atoms with Crippen molar-refractivity contribution >= 4 is 50.7 Å². The summed E-state index contributed by atoms with van der Waals surface area (Å²) in [6, 6.07) is 19.1. The summed E-state index contributed by atoms with van der Waals surface area (Å²) in [5.74, 6) is -0.808. The molecule has 41 heavy (non-hydrogen) atoms. The third-order valence-corrected chi connectivity index (χ3v) is 9.88. The van der Waals surface area contributed by atoms with Crippen LogP contribution in [0, 0.1) is 6.92 Å². The van der Waals surface area contributed by atoms with E-state index in [2.05, 4.69) is 5.32 Å². The number of carbonyl (C=O) groups is 2. The molecule has 2 amide bonds. The number of aryl methyl sites for hydroxylation is 1. The molecule has 1 saturated carbocycles. The van der Waals surface area contributed by atoms with Crippen LogP contribution in [0.1, 0.15) is 50.2 Å². The van der Waals surface area contributed by atoms with Gasteiger partial charge < -0.3 is 10.2 Å². The molecule has 7 nitrogen and oxygen atoms in total. The summed E-state index contributed by atoms with van der Waals surface area (Å²) in [5, 5.41) is 3.95. The first-order chi connectivity index (χ1) is 19.6. The molecule has 0 bridgehead atoms. The molecule has 0 unspecified atom stereocenters. The van der Waals surface area contributed by atoms with Crippen LogP contribution >= 0.6 is 23.2 Å². The minimum Gasteiger partial charge on any atom is -0.352 e. The summed E-state index contributed by atoms with van der Waals surface area (Å²) in [6.07, 6.45) is 5.05. The largest absolute Gasteiger partial charge is 0.352 e. The molecule has 1 aliphatic carbocycles. The summed E-state index contributed by atoms with van der Waals surface area (Å²) >= 11 is 12.5. The molecule has 0 aliphatic heterocycles. The van der Waals surface area contributed by atoms with Gasteiger partial charge in [0.15, 0.2) is 0 Å². The first-order valence-electron chi connectivity index (χ1n) is 13.7. The van der Waals surface area contributed by atoms with Crippen molar-refractivity contribution in [2.75, 3.05) is 10.8 Å². The Labute approximate surface area is 252 Å². The van der Waals surface area contributed by atoms with Gasteiger partial charge in [-0.05, 0) is 74.2 Å². The Morgan fingerprint density at radius 1 is 0.927 bits per heavy atom. The van der Waals surface area contributed by atoms with Crippen LogP contribution in [0.3, 0.4) is 0 Å². The van der Waals surface area contributed by atoms with Gasteiger partial charge in [-0.1, -0.05) is 78.9 Å². The number of amides is 2. The second kappa shape index (κ2) is 13.7. The van der Waals surface area contributed by atoms with Gasteiger partial charge in [0, 0.05) is 22.6 Å². The maximum atomic E-state index is 14.1. The van der Waals surface area contributed by atoms with E-state index >= 15 is 0 Å². The highest BCUT2D eigenvalue weighted by molar-refractivity contribution is 7.92. The zero-order chi connectivity index (χ0) is 29.6. The zero-order valence-corrected chi connectivity index (χ0v) is 25.6. The van der Waals surface area contributed by atoms with E-state index in [0.717, 1.165) is 36.4 Å². The lowest BCUT2D eigenvalue weighted by Gasteiger charge is -2.33. The fourth-order valence-corrected chi connectivity index (χ4v) is 6.85. The molecule has 3 aromatic carbocycles. The van der Waals surface area contributed by atoms with Gasteiger partial charge in [-0.3, -0.25) is 13.9 Å². The van der Waals surface area contributed by atoms with Gasteiger partial charge in [-0.15, -0.1) is 0 Å². The Morgan fingerprint density at radius 3 is 2.22 bits per heavy atom. The van der Waals surface area contributed by atoms with Crippen molar-refractivity contribution in [3.63, 3.8) is 0 Å². The third-order valence-electron chi connectivity index (χ3n) is 7.48. The number of nitrogens with zero attached hydrogens (tertiary/aromatic N) is 2. The van der Waals surface area contributed by atoms with Crippen LogP contribution in [-0.4, -0.2) is 43.8 Å². The molecule has 0 spiro atoms. The predicted octanol–water partition coefficient (Wildman–Crippen LogP) is 6.36. The second-order valence-electron chi connectivity index (χ2n) is 10.4. The van der Waals surface area contributed by atoms with E-state index in [1.165, 1.54) is 29.2 Å². The fourth-order valence-electron chi connectivity index (χ4n) is 5.05. The highest BCUT2D eigenvalue weighted by Gasteiger charge is 2.34. The van der Waals surface area contributed by atoms with Crippen LogP contribution in [0.4, 0.5) is 5.69 Å². The number of sulfonamides is 1. The monoisotopic (exact) mass is 615 g/mol. The van der Waals surface area contributed by atoms with Crippen molar-refractivity contribution in [3.8, 4) is 0 Å². The Hall–Kier alpha value is -3.07. The number of nitrogens with one attached hydrogen (secondary N) is 1. The highest BCUT2D eigenvalue weighted by Crippen LogP contribution is 2.28. The predicted molar refractivity (Wildman–Crippen MR) is 164 cm³/mol. The molecular formula is C31H35Cl2N3O4S. The van der Waals surface area contributed by atoms with Gasteiger partial charge in [0.05, 0.1) is 10.6 Å². The van der Waals surface area contributed by atoms with E-state index in [1.807, 2.05) is 0 Å². The van der Waals surface area contributed by atoms with Gasteiger partial charge >= 0.3 is 0 Å². The Balaban J connectivity index is 1.69. The second-order valence-corrected chi connectivity index (χ2v) is 13.1. The summed E-state index contributed by atoms with van der Waals surface area (Å²) in [4.78, 5) is 28.9. The minimum absolute atomic E-state index is 0.00121. The molecule has 1 N–H and O–H groups in total. The highest BCUT2D eigenvalue weighted by atomic mass is 35.5. The number of anilines is 1. The maximum Gasteiger partial charge on any atom is 0.264 e. The molecule has 3 aromatic rings. The number of benzene rings is 3. The van der Waals surface area contributed by atoms with Crippen LogP contribution < -0.4 is 9.62 Å². The van der Waals surface area contributed by atoms with Crippen LogP contribution in [0.25, 0.3) is 0 Å². The quantitative estimate of drug-likeness (QED) is 0.287. The lowest BCUT2D eigenvalue weighted by atomic mass is 9.95. The summed E-state index contributed by atoms with van der Waals surface area (Å²) in [7, 11) is -4.17. The lowest BCUT2D eigenvalue weighted by Crippen LogP contribution is -2.53. The average Bonchev–Trinajstić information content (AvgIpc) is 2.96. The Morgan fingerprint density at radius 2 is 1.56 bits per heavy atom. The average molecular weight is 617 g/mol. The molecular weight excluding hydrogens is 581 g/mol. The van der Waals surface area contributed by atoms with Gasteiger partial charge in [0.1, 0.15) is 12.6 Å². The molecule has 1 aliphatic rings. The normalized spacial score (nSPS) is 14.7. The van der Waals surface area contributed by atoms with Crippen molar-refractivity contribution < 1.29 is 18.0 Å². The van der Waals surface area contributed by atoms with Crippen molar-refractivity contribution in [3.05, 3.63) is 94.0 Å². The van der Waals surface area contributed by atoms with Crippen LogP contribution in [0.15, 0.2) is 77.7 Å². The Kier molecular flexibility index (Phi) is 10.3. The lowest BCUT2D eigenvalue weighted by molar-refractivity contribution is -0.139. The van der Waals surface area contributed by atoms with E-state index in [1.54, 1.807) is 62.4 Å². The van der Waals surface area contributed by atoms with Crippen molar-refractivity contribution in [2.24, 2.45) is 0 Å². The minimum atomic E-state index is -4.17. The van der Waals surface area contributed by atoms with Gasteiger partial charge in [-0.25, -0.2) is 8.42 Å². The number of rotatable bonds is 10. The van der Waals surface area contributed by atoms with E-state index in [0.29, 0.717) is 26.9 Å². The zero-order valence-electron chi connectivity index (χ0n) is 23.2. The van der Waals surface area contributed by atoms with Crippen molar-refractivity contribution in [2.45, 2.75) is 69.5 Å². The number of carbonyl (C=O) groups excluding carboxylic acids is 2. The standard InChI is InChI=1S/C31H35Cl2N3O4S/c1-22-10-6-9-15-29(22)36(41(39,40)27-18-16-25(32)17-19-27)21-30(37)35(20-24-11-7-8-14-28(24)33)23(2)31(38)34-26-12-4-3-5-13-26/h6-11,14-19,23,26H,3-5,12-13,20-21H2,1-2H3,(H,34,38)/t23-/m1/s1. The third kappa shape index (κ3) is 7.61. The Bertz CT molecular complexity index is 1470. The molecule has 0 aromatic heterocycles. The molecule has 1 atom stereocenters. The topological polar surface area (TPSA) is 86.8 Å². The van der Waals surface area contributed by atoms with E-state index in [-0.39, 0.29) is 23.4 Å². The molecule has 0 saturated heterocycles. The van der Waals surface area contributed by atoms with E-state index in [4.69, 9.17) is 23.2 Å². The molecule has 1 fully saturated rings. The smallest absolute Gasteiger partial charge is 0.264 e. The van der Waals surface area contributed by atoms with Crippen LogP contribution in [-0.2, 0) is 26.2 Å². The SMILES string of the molecule is Cc1ccccc1N(CC(=O)N(Cc1ccccc1Cl)[C@H](C)C(=O)NC1CCCCC1)S(=O)(=O)c1ccc(Cl)cc1. The number of hydrogen-bond donors (Lipinski definition) is 1. The van der Waals surface area contributed by atoms with E-state index < -0.39 is 28.5 Å². The fraction of sp³-hybridized carbons (Fsp3) is 0.355. The molecule has 4 rings (SSSR count). The van der Waals surface area contributed by atoms with Crippen LogP contribution in [0.2, 0.25) is 10.0 Å². The number of para-hydroxylation sites is 1. The number of halogens is 2. The summed E-state index contributed by atoms with van der Waals surface area (Å²) < 4.78 is 29.0. The van der Waals surface area contributed by atoms with Gasteiger partial charge in [0.25, 0.3) is 10.0 Å². The number of hydrogen-bond acceptors (Lipinski definition) is 4. The summed E-state index contributed by atoms with van der Waals surface area (Å²) in [5.41, 5.74) is 1.70.